The highest BCUT2D eigenvalue weighted by atomic mass is 16.5. The van der Waals surface area contributed by atoms with Crippen LogP contribution in [0.25, 0.3) is 0 Å². The van der Waals surface area contributed by atoms with Crippen molar-refractivity contribution in [1.82, 2.24) is 0 Å². The molecule has 0 spiro atoms. The van der Waals surface area contributed by atoms with E-state index in [-0.39, 0.29) is 17.7 Å². The van der Waals surface area contributed by atoms with Crippen LogP contribution in [-0.2, 0) is 4.74 Å². The van der Waals surface area contributed by atoms with Gasteiger partial charge in [-0.3, -0.25) is 0 Å². The third kappa shape index (κ3) is 4.14. The Labute approximate surface area is 105 Å². The van der Waals surface area contributed by atoms with Gasteiger partial charge in [-0.25, -0.2) is 0 Å². The van der Waals surface area contributed by atoms with Crippen LogP contribution in [0.1, 0.15) is 51.3 Å². The predicted octanol–water partition coefficient (Wildman–Crippen LogP) is 3.59. The lowest BCUT2D eigenvalue weighted by atomic mass is 10.0. The van der Waals surface area contributed by atoms with Crippen LogP contribution < -0.4 is 5.73 Å². The molecular weight excluding hydrogens is 210 g/mol. The van der Waals surface area contributed by atoms with Gasteiger partial charge < -0.3 is 10.5 Å². The number of rotatable bonds is 5. The Morgan fingerprint density at radius 3 is 2.24 bits per heavy atom. The number of hydrogen-bond donors (Lipinski definition) is 1. The molecule has 0 heterocycles. The SMILES string of the molecule is CCC(C)(C)OC(C)C(N)c1ccc(C)cc1. The fourth-order valence-corrected chi connectivity index (χ4v) is 1.72. The van der Waals surface area contributed by atoms with Gasteiger partial charge in [-0.15, -0.1) is 0 Å². The average Bonchev–Trinajstić information content (AvgIpc) is 2.28. The van der Waals surface area contributed by atoms with Crippen LogP contribution >= 0.6 is 0 Å². The van der Waals surface area contributed by atoms with Gasteiger partial charge in [-0.1, -0.05) is 36.8 Å². The van der Waals surface area contributed by atoms with Crippen LogP contribution in [0.2, 0.25) is 0 Å². The lowest BCUT2D eigenvalue weighted by Crippen LogP contribution is -2.35. The van der Waals surface area contributed by atoms with E-state index in [1.165, 1.54) is 5.56 Å². The van der Waals surface area contributed by atoms with Crippen LogP contribution in [0.4, 0.5) is 0 Å². The third-order valence-electron chi connectivity index (χ3n) is 3.32. The second-order valence-corrected chi connectivity index (χ2v) is 5.37. The van der Waals surface area contributed by atoms with Crippen LogP contribution in [0.15, 0.2) is 24.3 Å². The maximum atomic E-state index is 6.23. The fourth-order valence-electron chi connectivity index (χ4n) is 1.72. The zero-order chi connectivity index (χ0) is 13.1. The molecular formula is C15H25NO. The minimum Gasteiger partial charge on any atom is -0.371 e. The van der Waals surface area contributed by atoms with Crippen molar-refractivity contribution in [3.8, 4) is 0 Å². The van der Waals surface area contributed by atoms with Crippen LogP contribution in [0, 0.1) is 6.92 Å². The molecule has 2 unspecified atom stereocenters. The standard InChI is InChI=1S/C15H25NO/c1-6-15(4,5)17-12(3)14(16)13-9-7-11(2)8-10-13/h7-10,12,14H,6,16H2,1-5H3. The van der Waals surface area contributed by atoms with E-state index in [1.54, 1.807) is 0 Å². The van der Waals surface area contributed by atoms with Crippen molar-refractivity contribution in [3.05, 3.63) is 35.4 Å². The van der Waals surface area contributed by atoms with E-state index >= 15 is 0 Å². The fraction of sp³-hybridized carbons (Fsp3) is 0.600. The van der Waals surface area contributed by atoms with E-state index in [0.717, 1.165) is 12.0 Å². The summed E-state index contributed by atoms with van der Waals surface area (Å²) in [7, 11) is 0. The van der Waals surface area contributed by atoms with Crippen molar-refractivity contribution in [2.75, 3.05) is 0 Å². The number of aryl methyl sites for hydroxylation is 1. The molecule has 0 aliphatic heterocycles. The molecule has 2 N–H and O–H groups in total. The normalized spacial score (nSPS) is 15.6. The molecule has 0 saturated carbocycles. The Balaban J connectivity index is 2.69. The minimum atomic E-state index is -0.109. The monoisotopic (exact) mass is 235 g/mol. The number of hydrogen-bond acceptors (Lipinski definition) is 2. The van der Waals surface area contributed by atoms with Gasteiger partial charge in [-0.2, -0.15) is 0 Å². The molecule has 0 radical (unpaired) electrons. The summed E-state index contributed by atoms with van der Waals surface area (Å²) in [6, 6.07) is 8.28. The molecule has 2 atom stereocenters. The van der Waals surface area contributed by atoms with Crippen molar-refractivity contribution < 1.29 is 4.74 Å². The maximum Gasteiger partial charge on any atom is 0.0746 e. The largest absolute Gasteiger partial charge is 0.371 e. The van der Waals surface area contributed by atoms with E-state index in [0.29, 0.717) is 0 Å². The van der Waals surface area contributed by atoms with Gasteiger partial charge in [0, 0.05) is 0 Å². The topological polar surface area (TPSA) is 35.2 Å². The molecule has 96 valence electrons. The van der Waals surface area contributed by atoms with Crippen molar-refractivity contribution >= 4 is 0 Å². The zero-order valence-corrected chi connectivity index (χ0v) is 11.7. The lowest BCUT2D eigenvalue weighted by molar-refractivity contribution is -0.0752. The summed E-state index contributed by atoms with van der Waals surface area (Å²) in [6.07, 6.45) is 1.01. The summed E-state index contributed by atoms with van der Waals surface area (Å²) >= 11 is 0. The summed E-state index contributed by atoms with van der Waals surface area (Å²) in [5, 5.41) is 0. The minimum absolute atomic E-state index is 0.0210. The smallest absolute Gasteiger partial charge is 0.0746 e. The van der Waals surface area contributed by atoms with E-state index in [2.05, 4.69) is 52.0 Å². The van der Waals surface area contributed by atoms with Gasteiger partial charge in [0.1, 0.15) is 0 Å². The van der Waals surface area contributed by atoms with Gasteiger partial charge in [0.15, 0.2) is 0 Å². The lowest BCUT2D eigenvalue weighted by Gasteiger charge is -2.31. The molecule has 2 nitrogen and oxygen atoms in total. The Morgan fingerprint density at radius 1 is 1.24 bits per heavy atom. The van der Waals surface area contributed by atoms with E-state index in [4.69, 9.17) is 10.5 Å². The molecule has 0 aliphatic carbocycles. The summed E-state index contributed by atoms with van der Waals surface area (Å²) in [4.78, 5) is 0. The molecule has 1 aromatic carbocycles. The highest BCUT2D eigenvalue weighted by Crippen LogP contribution is 2.23. The van der Waals surface area contributed by atoms with Crippen molar-refractivity contribution in [3.63, 3.8) is 0 Å². The molecule has 0 aromatic heterocycles. The Hall–Kier alpha value is -0.860. The Bertz CT molecular complexity index is 342. The maximum absolute atomic E-state index is 6.23. The molecule has 17 heavy (non-hydrogen) atoms. The molecule has 0 saturated heterocycles. The molecule has 0 amide bonds. The first-order valence-corrected chi connectivity index (χ1v) is 6.35. The second kappa shape index (κ2) is 5.65. The third-order valence-corrected chi connectivity index (χ3v) is 3.32. The first-order valence-electron chi connectivity index (χ1n) is 6.35. The van der Waals surface area contributed by atoms with Gasteiger partial charge in [-0.05, 0) is 39.7 Å². The van der Waals surface area contributed by atoms with E-state index in [1.807, 2.05) is 6.92 Å². The summed E-state index contributed by atoms with van der Waals surface area (Å²) in [5.74, 6) is 0. The zero-order valence-electron chi connectivity index (χ0n) is 11.7. The second-order valence-electron chi connectivity index (χ2n) is 5.37. The summed E-state index contributed by atoms with van der Waals surface area (Å²) in [6.45, 7) is 10.5. The first-order chi connectivity index (χ1) is 7.85. The summed E-state index contributed by atoms with van der Waals surface area (Å²) < 4.78 is 6.01. The van der Waals surface area contributed by atoms with Crippen LogP contribution in [0.5, 0.6) is 0 Å². The molecule has 1 rings (SSSR count). The van der Waals surface area contributed by atoms with Crippen LogP contribution in [0.3, 0.4) is 0 Å². The summed E-state index contributed by atoms with van der Waals surface area (Å²) in [5.41, 5.74) is 8.50. The molecule has 0 bridgehead atoms. The van der Waals surface area contributed by atoms with Gasteiger partial charge in [0.25, 0.3) is 0 Å². The van der Waals surface area contributed by atoms with Crippen molar-refractivity contribution in [2.45, 2.75) is 58.8 Å². The van der Waals surface area contributed by atoms with Crippen molar-refractivity contribution in [2.24, 2.45) is 5.73 Å². The number of nitrogens with two attached hydrogens (primary N) is 1. The van der Waals surface area contributed by atoms with Crippen LogP contribution in [-0.4, -0.2) is 11.7 Å². The highest BCUT2D eigenvalue weighted by Gasteiger charge is 2.23. The predicted molar refractivity (Wildman–Crippen MR) is 73.0 cm³/mol. The molecule has 0 fully saturated rings. The molecule has 0 aliphatic rings. The first kappa shape index (κ1) is 14.2. The Morgan fingerprint density at radius 2 is 1.76 bits per heavy atom. The highest BCUT2D eigenvalue weighted by molar-refractivity contribution is 5.24. The molecule has 1 aromatic rings. The van der Waals surface area contributed by atoms with Gasteiger partial charge in [0.05, 0.1) is 17.7 Å². The van der Waals surface area contributed by atoms with Gasteiger partial charge >= 0.3 is 0 Å². The van der Waals surface area contributed by atoms with E-state index in [9.17, 15) is 0 Å². The van der Waals surface area contributed by atoms with Gasteiger partial charge in [0.2, 0.25) is 0 Å². The van der Waals surface area contributed by atoms with Crippen molar-refractivity contribution in [1.29, 1.82) is 0 Å². The average molecular weight is 235 g/mol. The quantitative estimate of drug-likeness (QED) is 0.846. The van der Waals surface area contributed by atoms with E-state index < -0.39 is 0 Å². The molecule has 2 heteroatoms. The number of ether oxygens (including phenoxy) is 1. The number of benzene rings is 1. The Kier molecular flexibility index (Phi) is 4.72.